The molecule has 2 N–H and O–H groups in total. The fraction of sp³-hybridized carbons (Fsp3) is 0.385. The maximum Gasteiger partial charge on any atom is 0.262 e. The van der Waals surface area contributed by atoms with Gasteiger partial charge in [-0.3, -0.25) is 9.52 Å². The van der Waals surface area contributed by atoms with Crippen LogP contribution in [0.15, 0.2) is 64.9 Å². The summed E-state index contributed by atoms with van der Waals surface area (Å²) in [6, 6.07) is 9.46. The molecule has 0 fully saturated rings. The third-order valence-corrected chi connectivity index (χ3v) is 10.2. The second-order valence-corrected chi connectivity index (χ2v) is 14.1. The zero-order chi connectivity index (χ0) is 30.1. The molecule has 0 spiro atoms. The average Bonchev–Trinajstić information content (AvgIpc) is 3.37. The van der Waals surface area contributed by atoms with E-state index in [0.29, 0.717) is 5.02 Å². The van der Waals surface area contributed by atoms with Crippen molar-refractivity contribution in [2.75, 3.05) is 31.5 Å². The molecular formula is C26H32ClN5O7S2. The first-order valence-electron chi connectivity index (χ1n) is 12.7. The van der Waals surface area contributed by atoms with E-state index in [2.05, 4.69) is 9.71 Å². The number of imidazole rings is 1. The van der Waals surface area contributed by atoms with Gasteiger partial charge in [-0.25, -0.2) is 21.8 Å². The minimum absolute atomic E-state index is 0.00302. The standard InChI is InChI=1S/C26H32ClN5O7S2/c1-17-12-32(18(2)15-33)26(34)21-6-5-7-22(29-40(35,36)20-10-8-19(27)9-11-20)25(21)39-23(17)13-31(4)41(37,38)24-14-30(3)16-28-24/h5-11,14,16-18,23,29,33H,12-13,15H2,1-4H3/t17-,18+,23+/m1/s1. The summed E-state index contributed by atoms with van der Waals surface area (Å²) in [4.78, 5) is 19.0. The molecule has 3 atom stereocenters. The Morgan fingerprint density at radius 3 is 2.49 bits per heavy atom. The molecule has 2 heterocycles. The molecule has 1 aromatic heterocycles. The number of likely N-dealkylation sites (N-methyl/N-ethyl adjacent to an activating group) is 1. The molecule has 1 aliphatic rings. The zero-order valence-corrected chi connectivity index (χ0v) is 25.3. The normalized spacial score (nSPS) is 18.8. The molecule has 4 rings (SSSR count). The molecule has 12 nitrogen and oxygen atoms in total. The van der Waals surface area contributed by atoms with Crippen LogP contribution in [0.5, 0.6) is 5.75 Å². The first-order chi connectivity index (χ1) is 19.2. The van der Waals surface area contributed by atoms with Gasteiger partial charge in [-0.05, 0) is 43.3 Å². The highest BCUT2D eigenvalue weighted by molar-refractivity contribution is 7.92. The lowest BCUT2D eigenvalue weighted by Gasteiger charge is -2.38. The Bertz CT molecular complexity index is 1630. The van der Waals surface area contributed by atoms with E-state index in [1.807, 2.05) is 0 Å². The Hall–Kier alpha value is -3.17. The lowest BCUT2D eigenvalue weighted by atomic mass is 9.99. The summed E-state index contributed by atoms with van der Waals surface area (Å²) in [6.07, 6.45) is 1.95. The predicted octanol–water partition coefficient (Wildman–Crippen LogP) is 2.42. The van der Waals surface area contributed by atoms with Crippen LogP contribution in [0.25, 0.3) is 0 Å². The number of aliphatic hydroxyl groups is 1. The molecule has 0 aliphatic carbocycles. The van der Waals surface area contributed by atoms with Crippen LogP contribution in [0, 0.1) is 5.92 Å². The molecular weight excluding hydrogens is 594 g/mol. The third-order valence-electron chi connectivity index (χ3n) is 6.85. The number of anilines is 1. The van der Waals surface area contributed by atoms with Crippen molar-refractivity contribution >= 4 is 43.2 Å². The number of rotatable bonds is 9. The number of fused-ring (bicyclic) bond motifs is 1. The number of aliphatic hydroxyl groups excluding tert-OH is 1. The van der Waals surface area contributed by atoms with Crippen molar-refractivity contribution in [3.63, 3.8) is 0 Å². The van der Waals surface area contributed by atoms with Gasteiger partial charge in [-0.1, -0.05) is 24.6 Å². The fourth-order valence-corrected chi connectivity index (χ4v) is 6.72. The molecule has 0 saturated carbocycles. The van der Waals surface area contributed by atoms with Crippen LogP contribution in [0.4, 0.5) is 5.69 Å². The molecule has 0 saturated heterocycles. The maximum atomic E-state index is 13.7. The first kappa shape index (κ1) is 30.8. The summed E-state index contributed by atoms with van der Waals surface area (Å²) in [5, 5.41) is 10.1. The van der Waals surface area contributed by atoms with Gasteiger partial charge in [0.05, 0.1) is 41.7 Å². The number of hydrogen-bond acceptors (Lipinski definition) is 8. The van der Waals surface area contributed by atoms with E-state index in [9.17, 15) is 26.7 Å². The van der Waals surface area contributed by atoms with Crippen LogP contribution in [0.1, 0.15) is 24.2 Å². The number of benzene rings is 2. The van der Waals surface area contributed by atoms with Crippen molar-refractivity contribution in [2.24, 2.45) is 13.0 Å². The average molecular weight is 626 g/mol. The van der Waals surface area contributed by atoms with E-state index in [1.54, 1.807) is 20.9 Å². The molecule has 41 heavy (non-hydrogen) atoms. The van der Waals surface area contributed by atoms with Crippen LogP contribution in [0.3, 0.4) is 0 Å². The minimum Gasteiger partial charge on any atom is -0.486 e. The molecule has 2 aromatic carbocycles. The van der Waals surface area contributed by atoms with Gasteiger partial charge < -0.3 is 19.3 Å². The second kappa shape index (κ2) is 12.0. The van der Waals surface area contributed by atoms with E-state index in [4.69, 9.17) is 16.3 Å². The van der Waals surface area contributed by atoms with E-state index in [0.717, 1.165) is 4.31 Å². The highest BCUT2D eigenvalue weighted by atomic mass is 35.5. The van der Waals surface area contributed by atoms with Crippen LogP contribution in [0.2, 0.25) is 5.02 Å². The molecule has 222 valence electrons. The van der Waals surface area contributed by atoms with Gasteiger partial charge in [0, 0.05) is 37.8 Å². The number of aryl methyl sites for hydroxylation is 1. The van der Waals surface area contributed by atoms with Gasteiger partial charge in [0.2, 0.25) is 0 Å². The second-order valence-electron chi connectivity index (χ2n) is 10.0. The number of carbonyl (C=O) groups is 1. The number of aromatic nitrogens is 2. The van der Waals surface area contributed by atoms with Gasteiger partial charge in [-0.15, -0.1) is 0 Å². The number of hydrogen-bond donors (Lipinski definition) is 2. The van der Waals surface area contributed by atoms with Crippen molar-refractivity contribution in [1.29, 1.82) is 0 Å². The van der Waals surface area contributed by atoms with Gasteiger partial charge in [-0.2, -0.15) is 4.31 Å². The van der Waals surface area contributed by atoms with Crippen LogP contribution in [-0.4, -0.2) is 85.5 Å². The van der Waals surface area contributed by atoms with Gasteiger partial charge in [0.25, 0.3) is 26.0 Å². The summed E-state index contributed by atoms with van der Waals surface area (Å²) in [6.45, 7) is 3.20. The smallest absolute Gasteiger partial charge is 0.262 e. The molecule has 0 bridgehead atoms. The van der Waals surface area contributed by atoms with Crippen LogP contribution in [-0.2, 0) is 27.1 Å². The summed E-state index contributed by atoms with van der Waals surface area (Å²) in [5.41, 5.74) is 0.0606. The summed E-state index contributed by atoms with van der Waals surface area (Å²) in [5.74, 6) is -0.942. The zero-order valence-electron chi connectivity index (χ0n) is 22.9. The summed E-state index contributed by atoms with van der Waals surface area (Å²) < 4.78 is 64.4. The Morgan fingerprint density at radius 2 is 1.88 bits per heavy atom. The maximum absolute atomic E-state index is 13.7. The Labute approximate surface area is 244 Å². The minimum atomic E-state index is -4.12. The SMILES string of the molecule is C[C@@H]1CN([C@@H](C)CO)C(=O)c2cccc(NS(=O)(=O)c3ccc(Cl)cc3)c2O[C@H]1CN(C)S(=O)(=O)c1cn(C)cn1. The van der Waals surface area contributed by atoms with E-state index < -0.39 is 44.0 Å². The van der Waals surface area contributed by atoms with Gasteiger partial charge in [0.1, 0.15) is 6.10 Å². The quantitative estimate of drug-likeness (QED) is 0.368. The molecule has 15 heteroatoms. The van der Waals surface area contributed by atoms with E-state index >= 15 is 0 Å². The summed E-state index contributed by atoms with van der Waals surface area (Å²) in [7, 11) is -5.05. The third kappa shape index (κ3) is 6.51. The van der Waals surface area contributed by atoms with Crippen molar-refractivity contribution in [1.82, 2.24) is 18.8 Å². The van der Waals surface area contributed by atoms with Gasteiger partial charge >= 0.3 is 0 Å². The number of nitrogens with one attached hydrogen (secondary N) is 1. The van der Waals surface area contributed by atoms with Gasteiger partial charge in [0.15, 0.2) is 10.8 Å². The lowest BCUT2D eigenvalue weighted by Crippen LogP contribution is -2.50. The van der Waals surface area contributed by atoms with Crippen LogP contribution < -0.4 is 9.46 Å². The molecule has 3 aromatic rings. The molecule has 0 radical (unpaired) electrons. The first-order valence-corrected chi connectivity index (χ1v) is 16.0. The Morgan fingerprint density at radius 1 is 1.20 bits per heavy atom. The number of ether oxygens (including phenoxy) is 1. The number of para-hydroxylation sites is 1. The molecule has 0 unspecified atom stereocenters. The Balaban J connectivity index is 1.76. The number of halogens is 1. The Kier molecular flexibility index (Phi) is 8.99. The number of sulfonamides is 2. The monoisotopic (exact) mass is 625 g/mol. The van der Waals surface area contributed by atoms with Crippen molar-refractivity contribution in [3.8, 4) is 5.75 Å². The van der Waals surface area contributed by atoms with Crippen molar-refractivity contribution in [3.05, 3.63) is 65.6 Å². The summed E-state index contributed by atoms with van der Waals surface area (Å²) >= 11 is 5.91. The van der Waals surface area contributed by atoms with Crippen molar-refractivity contribution in [2.45, 2.75) is 35.9 Å². The van der Waals surface area contributed by atoms with E-state index in [1.165, 1.54) is 71.5 Å². The highest BCUT2D eigenvalue weighted by Crippen LogP contribution is 2.36. The molecule has 1 aliphatic heterocycles. The highest BCUT2D eigenvalue weighted by Gasteiger charge is 2.37. The van der Waals surface area contributed by atoms with E-state index in [-0.39, 0.29) is 46.6 Å². The number of carbonyl (C=O) groups excluding carboxylic acids is 1. The molecule has 1 amide bonds. The predicted molar refractivity (Wildman–Crippen MR) is 153 cm³/mol. The largest absolute Gasteiger partial charge is 0.486 e. The van der Waals surface area contributed by atoms with Crippen molar-refractivity contribution < 1.29 is 31.5 Å². The number of nitrogens with zero attached hydrogens (tertiary/aromatic N) is 4. The number of amides is 1. The topological polar surface area (TPSA) is 151 Å². The lowest BCUT2D eigenvalue weighted by molar-refractivity contribution is 0.0389. The fourth-order valence-electron chi connectivity index (χ4n) is 4.39. The van der Waals surface area contributed by atoms with Crippen LogP contribution >= 0.6 is 11.6 Å².